The van der Waals surface area contributed by atoms with E-state index < -0.39 is 5.97 Å². The Balaban J connectivity index is 3.07. The zero-order chi connectivity index (χ0) is 11.4. The van der Waals surface area contributed by atoms with Gasteiger partial charge in [0.25, 0.3) is 0 Å². The molecule has 1 rings (SSSR count). The fourth-order valence-electron chi connectivity index (χ4n) is 0.943. The van der Waals surface area contributed by atoms with E-state index >= 15 is 0 Å². The van der Waals surface area contributed by atoms with Crippen LogP contribution in [0, 0.1) is 0 Å². The van der Waals surface area contributed by atoms with E-state index in [1.165, 1.54) is 30.0 Å². The molecule has 0 saturated carbocycles. The van der Waals surface area contributed by atoms with E-state index in [2.05, 4.69) is 4.99 Å². The highest BCUT2D eigenvalue weighted by molar-refractivity contribution is 8.13. The summed E-state index contributed by atoms with van der Waals surface area (Å²) in [7, 11) is 0. The first-order valence-corrected chi connectivity index (χ1v) is 5.21. The molecule has 6 heteroatoms. The molecule has 0 saturated heterocycles. The first-order chi connectivity index (χ1) is 7.04. The van der Waals surface area contributed by atoms with Gasteiger partial charge in [0.2, 0.25) is 0 Å². The Labute approximate surface area is 90.6 Å². The molecular formula is C9H10N2O3S. The van der Waals surface area contributed by atoms with E-state index in [0.29, 0.717) is 10.9 Å². The summed E-state index contributed by atoms with van der Waals surface area (Å²) in [5, 5.41) is 18.4. The molecule has 0 atom stereocenters. The maximum absolute atomic E-state index is 10.6. The molecule has 0 aliphatic carbocycles. The van der Waals surface area contributed by atoms with E-state index in [1.807, 2.05) is 0 Å². The van der Waals surface area contributed by atoms with E-state index in [9.17, 15) is 9.90 Å². The summed E-state index contributed by atoms with van der Waals surface area (Å²) in [6.07, 6.45) is 1.77. The molecule has 1 aromatic rings. The normalized spacial score (nSPS) is 11.4. The predicted molar refractivity (Wildman–Crippen MR) is 59.9 cm³/mol. The number of carboxylic acid groups (broad SMARTS) is 1. The molecule has 0 aromatic heterocycles. The molecular weight excluding hydrogens is 216 g/mol. The number of carboxylic acids is 1. The molecule has 5 nitrogen and oxygen atoms in total. The van der Waals surface area contributed by atoms with Gasteiger partial charge in [0.1, 0.15) is 11.3 Å². The number of benzene rings is 1. The zero-order valence-corrected chi connectivity index (χ0v) is 8.78. The molecule has 0 spiro atoms. The van der Waals surface area contributed by atoms with Gasteiger partial charge in [0.15, 0.2) is 5.17 Å². The van der Waals surface area contributed by atoms with Gasteiger partial charge in [-0.1, -0.05) is 11.8 Å². The van der Waals surface area contributed by atoms with Gasteiger partial charge in [-0.3, -0.25) is 0 Å². The van der Waals surface area contributed by atoms with Gasteiger partial charge in [-0.25, -0.2) is 9.79 Å². The molecule has 0 fully saturated rings. The smallest absolute Gasteiger partial charge is 0.339 e. The Morgan fingerprint density at radius 3 is 2.67 bits per heavy atom. The van der Waals surface area contributed by atoms with Gasteiger partial charge >= 0.3 is 5.97 Å². The highest BCUT2D eigenvalue weighted by atomic mass is 32.2. The number of aromatic carboxylic acids is 1. The monoisotopic (exact) mass is 226 g/mol. The van der Waals surface area contributed by atoms with Crippen LogP contribution in [0.1, 0.15) is 10.4 Å². The third-order valence-electron chi connectivity index (χ3n) is 1.66. The Morgan fingerprint density at radius 1 is 1.53 bits per heavy atom. The Bertz CT molecular complexity index is 418. The topological polar surface area (TPSA) is 95.9 Å². The molecule has 0 bridgehead atoms. The van der Waals surface area contributed by atoms with Crippen molar-refractivity contribution < 1.29 is 15.0 Å². The summed E-state index contributed by atoms with van der Waals surface area (Å²) in [4.78, 5) is 14.5. The van der Waals surface area contributed by atoms with Crippen LogP contribution < -0.4 is 5.73 Å². The minimum absolute atomic E-state index is 0.156. The summed E-state index contributed by atoms with van der Waals surface area (Å²) >= 11 is 1.27. The van der Waals surface area contributed by atoms with Crippen molar-refractivity contribution in [3.8, 4) is 5.75 Å². The fourth-order valence-corrected chi connectivity index (χ4v) is 1.14. The van der Waals surface area contributed by atoms with Gasteiger partial charge < -0.3 is 15.9 Å². The SMILES string of the molecule is CSC(N)=Nc1ccc(C(=O)O)c(O)c1. The van der Waals surface area contributed by atoms with Gasteiger partial charge in [0.05, 0.1) is 5.69 Å². The molecule has 4 N–H and O–H groups in total. The number of thioether (sulfide) groups is 1. The Hall–Kier alpha value is -1.69. The van der Waals surface area contributed by atoms with Crippen LogP contribution in [0.2, 0.25) is 0 Å². The van der Waals surface area contributed by atoms with Crippen LogP contribution in [0.25, 0.3) is 0 Å². The molecule has 0 unspecified atom stereocenters. The highest BCUT2D eigenvalue weighted by Gasteiger charge is 2.09. The molecule has 0 heterocycles. The van der Waals surface area contributed by atoms with Crippen molar-refractivity contribution in [1.29, 1.82) is 0 Å². The second kappa shape index (κ2) is 4.70. The van der Waals surface area contributed by atoms with Gasteiger partial charge in [-0.15, -0.1) is 0 Å². The van der Waals surface area contributed by atoms with E-state index in [1.54, 1.807) is 6.26 Å². The van der Waals surface area contributed by atoms with Gasteiger partial charge in [-0.05, 0) is 18.4 Å². The van der Waals surface area contributed by atoms with Crippen LogP contribution in [0.3, 0.4) is 0 Å². The minimum atomic E-state index is -1.18. The van der Waals surface area contributed by atoms with Crippen molar-refractivity contribution in [2.75, 3.05) is 6.26 Å². The standard InChI is InChI=1S/C9H10N2O3S/c1-15-9(10)11-5-2-3-6(8(13)14)7(12)4-5/h2-4,12H,1H3,(H2,10,11)(H,13,14). The molecule has 0 radical (unpaired) electrons. The van der Waals surface area contributed by atoms with Crippen LogP contribution in [0.15, 0.2) is 23.2 Å². The first-order valence-electron chi connectivity index (χ1n) is 3.99. The molecule has 80 valence electrons. The van der Waals surface area contributed by atoms with Crippen LogP contribution in [0.4, 0.5) is 5.69 Å². The average Bonchev–Trinajstić information content (AvgIpc) is 2.17. The lowest BCUT2D eigenvalue weighted by Crippen LogP contribution is -2.04. The summed E-state index contributed by atoms with van der Waals surface area (Å²) in [5.41, 5.74) is 5.73. The van der Waals surface area contributed by atoms with Crippen LogP contribution in [0.5, 0.6) is 5.75 Å². The van der Waals surface area contributed by atoms with E-state index in [4.69, 9.17) is 10.8 Å². The second-order valence-corrected chi connectivity index (χ2v) is 3.49. The van der Waals surface area contributed by atoms with Gasteiger partial charge in [-0.2, -0.15) is 0 Å². The molecule has 0 aliphatic rings. The van der Waals surface area contributed by atoms with Crippen LogP contribution >= 0.6 is 11.8 Å². The number of rotatable bonds is 2. The van der Waals surface area contributed by atoms with E-state index in [0.717, 1.165) is 0 Å². The molecule has 15 heavy (non-hydrogen) atoms. The van der Waals surface area contributed by atoms with Crippen molar-refractivity contribution >= 4 is 28.6 Å². The summed E-state index contributed by atoms with van der Waals surface area (Å²) in [6.45, 7) is 0. The number of aromatic hydroxyl groups is 1. The second-order valence-electron chi connectivity index (χ2n) is 2.66. The average molecular weight is 226 g/mol. The number of aliphatic imine (C=N–C) groups is 1. The lowest BCUT2D eigenvalue weighted by molar-refractivity contribution is 0.0694. The zero-order valence-electron chi connectivity index (χ0n) is 7.97. The maximum Gasteiger partial charge on any atom is 0.339 e. The summed E-state index contributed by atoms with van der Waals surface area (Å²) < 4.78 is 0. The Kier molecular flexibility index (Phi) is 3.56. The van der Waals surface area contributed by atoms with Crippen molar-refractivity contribution in [1.82, 2.24) is 0 Å². The number of nitrogens with zero attached hydrogens (tertiary/aromatic N) is 1. The number of nitrogens with two attached hydrogens (primary N) is 1. The number of phenols is 1. The van der Waals surface area contributed by atoms with E-state index in [-0.39, 0.29) is 11.3 Å². The summed E-state index contributed by atoms with van der Waals surface area (Å²) in [6, 6.07) is 4.02. The predicted octanol–water partition coefficient (Wildman–Crippen LogP) is 1.40. The van der Waals surface area contributed by atoms with Crippen LogP contribution in [-0.4, -0.2) is 27.6 Å². The highest BCUT2D eigenvalue weighted by Crippen LogP contribution is 2.24. The summed E-state index contributed by atoms with van der Waals surface area (Å²) in [5.74, 6) is -1.50. The maximum atomic E-state index is 10.6. The molecule has 0 amide bonds. The largest absolute Gasteiger partial charge is 0.507 e. The quantitative estimate of drug-likeness (QED) is 0.523. The van der Waals surface area contributed by atoms with Crippen LogP contribution in [-0.2, 0) is 0 Å². The number of amidine groups is 1. The Morgan fingerprint density at radius 2 is 2.20 bits per heavy atom. The number of hydrogen-bond acceptors (Lipinski definition) is 4. The minimum Gasteiger partial charge on any atom is -0.507 e. The van der Waals surface area contributed by atoms with Crippen molar-refractivity contribution in [2.45, 2.75) is 0 Å². The lowest BCUT2D eigenvalue weighted by Gasteiger charge is -2.01. The van der Waals surface area contributed by atoms with Crippen molar-refractivity contribution in [3.05, 3.63) is 23.8 Å². The van der Waals surface area contributed by atoms with Crippen molar-refractivity contribution in [2.24, 2.45) is 10.7 Å². The third kappa shape index (κ3) is 2.88. The number of carbonyl (C=O) groups is 1. The molecule has 0 aliphatic heterocycles. The fraction of sp³-hybridized carbons (Fsp3) is 0.111. The number of hydrogen-bond donors (Lipinski definition) is 3. The lowest BCUT2D eigenvalue weighted by atomic mass is 10.2. The van der Waals surface area contributed by atoms with Crippen molar-refractivity contribution in [3.63, 3.8) is 0 Å². The first kappa shape index (κ1) is 11.4. The molecule has 1 aromatic carbocycles. The van der Waals surface area contributed by atoms with Gasteiger partial charge in [0, 0.05) is 6.07 Å². The third-order valence-corrected chi connectivity index (χ3v) is 2.17.